The summed E-state index contributed by atoms with van der Waals surface area (Å²) in [5, 5.41) is 22.7. The lowest BCUT2D eigenvalue weighted by atomic mass is 10.0. The molecule has 2 N–H and O–H groups in total. The van der Waals surface area contributed by atoms with E-state index in [-0.39, 0.29) is 31.1 Å². The monoisotopic (exact) mass is 351 g/mol. The molecule has 1 aromatic rings. The van der Waals surface area contributed by atoms with Gasteiger partial charge in [-0.25, -0.2) is 4.79 Å². The molecule has 0 fully saturated rings. The molecule has 0 heterocycles. The Balaban J connectivity index is 2.98. The minimum absolute atomic E-state index is 0.0276. The standard InChI is InChI=1S/C16H21N3O6/c1-10-13(5-4-6-14(10)19(24)25)9-15(21)18(11(2)16(22)23)8-7-17-12(3)20/h4-6,11H,7-9H2,1-3H3,(H,17,20)(H,22,23). The summed E-state index contributed by atoms with van der Waals surface area (Å²) in [4.78, 5) is 46.3. The summed E-state index contributed by atoms with van der Waals surface area (Å²) in [5.74, 6) is -1.94. The average molecular weight is 351 g/mol. The molecule has 0 aromatic heterocycles. The van der Waals surface area contributed by atoms with Gasteiger partial charge >= 0.3 is 5.97 Å². The van der Waals surface area contributed by atoms with E-state index in [0.717, 1.165) is 4.90 Å². The van der Waals surface area contributed by atoms with Crippen LogP contribution in [0.5, 0.6) is 0 Å². The zero-order valence-corrected chi connectivity index (χ0v) is 14.3. The van der Waals surface area contributed by atoms with E-state index in [2.05, 4.69) is 5.32 Å². The molecule has 0 radical (unpaired) electrons. The van der Waals surface area contributed by atoms with Crippen LogP contribution in [0.3, 0.4) is 0 Å². The second kappa shape index (κ2) is 8.76. The molecule has 1 rings (SSSR count). The van der Waals surface area contributed by atoms with Crippen molar-refractivity contribution in [3.05, 3.63) is 39.4 Å². The molecule has 0 aliphatic rings. The molecule has 9 nitrogen and oxygen atoms in total. The molecule has 1 aromatic carbocycles. The number of nitro benzene ring substituents is 1. The molecular weight excluding hydrogens is 330 g/mol. The van der Waals surface area contributed by atoms with Crippen molar-refractivity contribution < 1.29 is 24.4 Å². The van der Waals surface area contributed by atoms with Gasteiger partial charge in [-0.2, -0.15) is 0 Å². The maximum absolute atomic E-state index is 12.5. The summed E-state index contributed by atoms with van der Waals surface area (Å²) in [6.07, 6.45) is -0.162. The minimum Gasteiger partial charge on any atom is -0.480 e. The third kappa shape index (κ3) is 5.55. The first-order valence-electron chi connectivity index (χ1n) is 7.64. The number of aliphatic carboxylic acids is 1. The number of nitro groups is 1. The second-order valence-corrected chi connectivity index (χ2v) is 5.58. The van der Waals surface area contributed by atoms with E-state index in [1.807, 2.05) is 0 Å². The summed E-state index contributed by atoms with van der Waals surface area (Å²) in [6, 6.07) is 3.34. The summed E-state index contributed by atoms with van der Waals surface area (Å²) >= 11 is 0. The number of hydrogen-bond acceptors (Lipinski definition) is 5. The Hall–Kier alpha value is -2.97. The lowest BCUT2D eigenvalue weighted by Crippen LogP contribution is -2.47. The summed E-state index contributed by atoms with van der Waals surface area (Å²) in [6.45, 7) is 4.38. The quantitative estimate of drug-likeness (QED) is 0.528. The van der Waals surface area contributed by atoms with Crippen molar-refractivity contribution >= 4 is 23.5 Å². The Kier molecular flexibility index (Phi) is 7.04. The molecule has 0 saturated carbocycles. The van der Waals surface area contributed by atoms with Crippen LogP contribution in [-0.2, 0) is 20.8 Å². The lowest BCUT2D eigenvalue weighted by Gasteiger charge is -2.27. The van der Waals surface area contributed by atoms with E-state index in [1.165, 1.54) is 26.0 Å². The van der Waals surface area contributed by atoms with Crippen molar-refractivity contribution in [2.45, 2.75) is 33.2 Å². The third-order valence-electron chi connectivity index (χ3n) is 3.83. The van der Waals surface area contributed by atoms with Gasteiger partial charge in [0.05, 0.1) is 11.3 Å². The number of rotatable bonds is 8. The van der Waals surface area contributed by atoms with Gasteiger partial charge in [-0.05, 0) is 19.4 Å². The summed E-state index contributed by atoms with van der Waals surface area (Å²) in [7, 11) is 0. The number of amides is 2. The number of carboxylic acid groups (broad SMARTS) is 1. The molecule has 0 aliphatic heterocycles. The SMILES string of the molecule is CC(=O)NCCN(C(=O)Cc1cccc([N+](=O)[O-])c1C)C(C)C(=O)O. The van der Waals surface area contributed by atoms with E-state index in [9.17, 15) is 29.6 Å². The van der Waals surface area contributed by atoms with Crippen LogP contribution < -0.4 is 5.32 Å². The second-order valence-electron chi connectivity index (χ2n) is 5.58. The molecule has 136 valence electrons. The highest BCUT2D eigenvalue weighted by Crippen LogP contribution is 2.22. The van der Waals surface area contributed by atoms with Crippen molar-refractivity contribution in [1.29, 1.82) is 0 Å². The summed E-state index contributed by atoms with van der Waals surface area (Å²) < 4.78 is 0. The Morgan fingerprint density at radius 1 is 1.36 bits per heavy atom. The van der Waals surface area contributed by atoms with Crippen LogP contribution >= 0.6 is 0 Å². The van der Waals surface area contributed by atoms with E-state index in [4.69, 9.17) is 0 Å². The highest BCUT2D eigenvalue weighted by Gasteiger charge is 2.26. The highest BCUT2D eigenvalue weighted by molar-refractivity contribution is 5.85. The third-order valence-corrected chi connectivity index (χ3v) is 3.83. The number of nitrogens with one attached hydrogen (secondary N) is 1. The fraction of sp³-hybridized carbons (Fsp3) is 0.438. The van der Waals surface area contributed by atoms with Gasteiger partial charge in [0.1, 0.15) is 6.04 Å². The highest BCUT2D eigenvalue weighted by atomic mass is 16.6. The number of carbonyl (C=O) groups is 3. The number of hydrogen-bond donors (Lipinski definition) is 2. The van der Waals surface area contributed by atoms with Crippen LogP contribution in [0.4, 0.5) is 5.69 Å². The molecule has 9 heteroatoms. The fourth-order valence-electron chi connectivity index (χ4n) is 2.34. The van der Waals surface area contributed by atoms with Gasteiger partial charge in [0.25, 0.3) is 5.69 Å². The number of nitrogens with zero attached hydrogens (tertiary/aromatic N) is 2. The van der Waals surface area contributed by atoms with Gasteiger partial charge in [-0.3, -0.25) is 19.7 Å². The number of carboxylic acids is 1. The van der Waals surface area contributed by atoms with Crippen molar-refractivity contribution in [1.82, 2.24) is 10.2 Å². The first-order valence-corrected chi connectivity index (χ1v) is 7.64. The topological polar surface area (TPSA) is 130 Å². The molecule has 1 unspecified atom stereocenters. The smallest absolute Gasteiger partial charge is 0.326 e. The van der Waals surface area contributed by atoms with Crippen molar-refractivity contribution in [2.24, 2.45) is 0 Å². The van der Waals surface area contributed by atoms with E-state index < -0.39 is 22.8 Å². The Morgan fingerprint density at radius 3 is 2.52 bits per heavy atom. The molecule has 2 amide bonds. The molecule has 0 saturated heterocycles. The van der Waals surface area contributed by atoms with Crippen molar-refractivity contribution in [3.8, 4) is 0 Å². The zero-order valence-electron chi connectivity index (χ0n) is 14.3. The van der Waals surface area contributed by atoms with Gasteiger partial charge in [-0.1, -0.05) is 12.1 Å². The molecular formula is C16H21N3O6. The Bertz CT molecular complexity index is 688. The largest absolute Gasteiger partial charge is 0.480 e. The number of carbonyl (C=O) groups excluding carboxylic acids is 2. The van der Waals surface area contributed by atoms with Crippen LogP contribution in [0, 0.1) is 17.0 Å². The van der Waals surface area contributed by atoms with Crippen LogP contribution in [0.25, 0.3) is 0 Å². The summed E-state index contributed by atoms with van der Waals surface area (Å²) in [5.41, 5.74) is 0.730. The lowest BCUT2D eigenvalue weighted by molar-refractivity contribution is -0.385. The molecule has 0 spiro atoms. The molecule has 0 bridgehead atoms. The van der Waals surface area contributed by atoms with E-state index >= 15 is 0 Å². The van der Waals surface area contributed by atoms with E-state index in [0.29, 0.717) is 11.1 Å². The fourth-order valence-corrected chi connectivity index (χ4v) is 2.34. The van der Waals surface area contributed by atoms with Crippen LogP contribution in [-0.4, -0.2) is 51.8 Å². The van der Waals surface area contributed by atoms with Crippen LogP contribution in [0.1, 0.15) is 25.0 Å². The van der Waals surface area contributed by atoms with Gasteiger partial charge < -0.3 is 15.3 Å². The molecule has 0 aliphatic carbocycles. The van der Waals surface area contributed by atoms with Gasteiger partial charge in [-0.15, -0.1) is 0 Å². The van der Waals surface area contributed by atoms with Crippen LogP contribution in [0.2, 0.25) is 0 Å². The molecule has 1 atom stereocenters. The normalized spacial score (nSPS) is 11.5. The predicted molar refractivity (Wildman–Crippen MR) is 89.0 cm³/mol. The van der Waals surface area contributed by atoms with Crippen LogP contribution in [0.15, 0.2) is 18.2 Å². The zero-order chi connectivity index (χ0) is 19.1. The maximum Gasteiger partial charge on any atom is 0.326 e. The Labute approximate surface area is 144 Å². The van der Waals surface area contributed by atoms with Gasteiger partial charge in [0.2, 0.25) is 11.8 Å². The Morgan fingerprint density at radius 2 is 2.00 bits per heavy atom. The maximum atomic E-state index is 12.5. The number of benzene rings is 1. The van der Waals surface area contributed by atoms with Crippen molar-refractivity contribution in [2.75, 3.05) is 13.1 Å². The first-order chi connectivity index (χ1) is 11.6. The first kappa shape index (κ1) is 20.1. The minimum atomic E-state index is -1.17. The average Bonchev–Trinajstić information content (AvgIpc) is 2.52. The van der Waals surface area contributed by atoms with Gasteiger partial charge in [0.15, 0.2) is 0 Å². The van der Waals surface area contributed by atoms with Crippen molar-refractivity contribution in [3.63, 3.8) is 0 Å². The van der Waals surface area contributed by atoms with E-state index in [1.54, 1.807) is 13.0 Å². The molecule has 25 heavy (non-hydrogen) atoms. The van der Waals surface area contributed by atoms with Gasteiger partial charge in [0, 0.05) is 31.6 Å². The predicted octanol–water partition coefficient (Wildman–Crippen LogP) is 0.884.